The fraction of sp³-hybridized carbons (Fsp3) is 0.306. The normalized spacial score (nSPS) is 17.1. The second-order valence-electron chi connectivity index (χ2n) is 12.2. The van der Waals surface area contributed by atoms with Crippen LogP contribution in [0.3, 0.4) is 0 Å². The van der Waals surface area contributed by atoms with E-state index in [1.807, 2.05) is 43.3 Å². The lowest BCUT2D eigenvalue weighted by Gasteiger charge is -2.34. The predicted octanol–water partition coefficient (Wildman–Crippen LogP) is 6.82. The van der Waals surface area contributed by atoms with Gasteiger partial charge in [-0.05, 0) is 60.8 Å². The molecule has 0 radical (unpaired) electrons. The summed E-state index contributed by atoms with van der Waals surface area (Å²) in [5.41, 5.74) is 0.918. The smallest absolute Gasteiger partial charge is 0.416 e. The van der Waals surface area contributed by atoms with Gasteiger partial charge < -0.3 is 35.6 Å². The second-order valence-corrected chi connectivity index (χ2v) is 12.2. The Hall–Kier alpha value is -5.30. The average molecular weight is 678 g/mol. The molecule has 0 aliphatic carbocycles. The van der Waals surface area contributed by atoms with Gasteiger partial charge in [0.15, 0.2) is 0 Å². The molecule has 4 N–H and O–H groups in total. The third-order valence-corrected chi connectivity index (χ3v) is 8.48. The minimum absolute atomic E-state index is 0.0655. The number of aliphatic hydroxyl groups is 1. The van der Waals surface area contributed by atoms with E-state index < -0.39 is 35.9 Å². The van der Waals surface area contributed by atoms with Crippen LogP contribution in [0.2, 0.25) is 0 Å². The zero-order valence-corrected chi connectivity index (χ0v) is 27.3. The summed E-state index contributed by atoms with van der Waals surface area (Å²) in [5.74, 6) is -0.167. The highest BCUT2D eigenvalue weighted by Crippen LogP contribution is 2.31. The first-order valence-corrected chi connectivity index (χ1v) is 15.8. The van der Waals surface area contributed by atoms with Gasteiger partial charge in [-0.15, -0.1) is 0 Å². The molecule has 1 aliphatic heterocycles. The molecule has 3 atom stereocenters. The summed E-state index contributed by atoms with van der Waals surface area (Å²) in [6.45, 7) is 3.64. The van der Waals surface area contributed by atoms with Crippen molar-refractivity contribution in [1.82, 2.24) is 9.80 Å². The van der Waals surface area contributed by atoms with Crippen molar-refractivity contribution in [1.29, 1.82) is 0 Å². The van der Waals surface area contributed by atoms with Gasteiger partial charge in [-0.2, -0.15) is 13.2 Å². The fourth-order valence-electron chi connectivity index (χ4n) is 5.66. The van der Waals surface area contributed by atoms with E-state index in [1.54, 1.807) is 36.1 Å². The lowest BCUT2D eigenvalue weighted by atomic mass is 10.0. The first kappa shape index (κ1) is 35.0. The number of fused-ring (bicyclic) bond motifs is 2. The van der Waals surface area contributed by atoms with Crippen LogP contribution >= 0.6 is 0 Å². The topological polar surface area (TPSA) is 123 Å². The summed E-state index contributed by atoms with van der Waals surface area (Å²) in [4.78, 5) is 42.6. The minimum Gasteiger partial charge on any atom is -0.488 e. The number of nitrogens with zero attached hydrogens (tertiary/aromatic N) is 2. The first-order valence-electron chi connectivity index (χ1n) is 15.8. The van der Waals surface area contributed by atoms with Crippen LogP contribution in [0, 0.1) is 5.92 Å². The van der Waals surface area contributed by atoms with Crippen molar-refractivity contribution in [3.8, 4) is 5.75 Å². The molecule has 1 heterocycles. The van der Waals surface area contributed by atoms with E-state index >= 15 is 0 Å². The van der Waals surface area contributed by atoms with Crippen LogP contribution in [0.5, 0.6) is 5.75 Å². The van der Waals surface area contributed by atoms with Crippen LogP contribution in [-0.4, -0.2) is 71.8 Å². The summed E-state index contributed by atoms with van der Waals surface area (Å²) in [5, 5.41) is 20.1. The van der Waals surface area contributed by atoms with Crippen LogP contribution in [0.1, 0.15) is 25.0 Å². The Balaban J connectivity index is 1.34. The van der Waals surface area contributed by atoms with E-state index in [0.717, 1.165) is 22.9 Å². The SMILES string of the molecule is C[C@H]1CN([C@@H](C)CO)C(=O)Cc2cc(NC(=O)Nc3cccc4ccccc34)ccc2O[C@@H]1CN(C)C(=O)Nc1ccc(C(F)(F)F)cc1. The number of halogens is 3. The number of ether oxygens (including phenoxy) is 1. The van der Waals surface area contributed by atoms with E-state index in [4.69, 9.17) is 4.74 Å². The molecule has 1 aliphatic rings. The maximum absolute atomic E-state index is 13.6. The molecule has 0 bridgehead atoms. The van der Waals surface area contributed by atoms with Gasteiger partial charge in [0, 0.05) is 41.8 Å². The summed E-state index contributed by atoms with van der Waals surface area (Å²) in [6.07, 6.45) is -5.19. The molecule has 258 valence electrons. The molecule has 0 fully saturated rings. The molecule has 5 amide bonds. The number of rotatable bonds is 7. The number of carbonyl (C=O) groups is 3. The van der Waals surface area contributed by atoms with Gasteiger partial charge in [0.1, 0.15) is 11.9 Å². The Labute approximate surface area is 281 Å². The predicted molar refractivity (Wildman–Crippen MR) is 182 cm³/mol. The van der Waals surface area contributed by atoms with Crippen LogP contribution in [0.25, 0.3) is 10.8 Å². The van der Waals surface area contributed by atoms with E-state index in [1.165, 1.54) is 24.1 Å². The van der Waals surface area contributed by atoms with Crippen molar-refractivity contribution in [3.63, 3.8) is 0 Å². The monoisotopic (exact) mass is 677 g/mol. The number of urea groups is 2. The van der Waals surface area contributed by atoms with Crippen LogP contribution in [0.15, 0.2) is 84.9 Å². The van der Waals surface area contributed by atoms with Gasteiger partial charge in [0.05, 0.1) is 36.9 Å². The minimum atomic E-state index is -4.50. The van der Waals surface area contributed by atoms with Gasteiger partial charge in [0.25, 0.3) is 0 Å². The number of benzene rings is 4. The highest BCUT2D eigenvalue weighted by atomic mass is 19.4. The van der Waals surface area contributed by atoms with Gasteiger partial charge in [-0.3, -0.25) is 4.79 Å². The van der Waals surface area contributed by atoms with Crippen LogP contribution in [0.4, 0.5) is 39.8 Å². The highest BCUT2D eigenvalue weighted by Gasteiger charge is 2.33. The van der Waals surface area contributed by atoms with E-state index in [0.29, 0.717) is 22.7 Å². The maximum Gasteiger partial charge on any atom is 0.416 e. The number of hydrogen-bond acceptors (Lipinski definition) is 5. The van der Waals surface area contributed by atoms with Crippen molar-refractivity contribution in [2.75, 3.05) is 42.7 Å². The number of likely N-dealkylation sites (N-methyl/N-ethyl adjacent to an activating group) is 1. The van der Waals surface area contributed by atoms with Crippen molar-refractivity contribution in [2.45, 2.75) is 38.6 Å². The lowest BCUT2D eigenvalue weighted by Crippen LogP contribution is -2.48. The summed E-state index contributed by atoms with van der Waals surface area (Å²) in [6, 6.07) is 20.8. The van der Waals surface area contributed by atoms with E-state index in [9.17, 15) is 32.7 Å². The molecular weight excluding hydrogens is 639 g/mol. The van der Waals surface area contributed by atoms with Gasteiger partial charge in [-0.25, -0.2) is 9.59 Å². The number of nitrogens with one attached hydrogen (secondary N) is 3. The Morgan fingerprint density at radius 1 is 0.980 bits per heavy atom. The molecular formula is C36H38F3N5O5. The molecule has 49 heavy (non-hydrogen) atoms. The standard InChI is InChI=1S/C36H38F3N5O5/c1-22-19-44(23(2)21-45)33(46)18-25-17-28(40-34(47)42-30-10-6-8-24-7-4-5-9-29(24)30)15-16-31(25)49-32(22)20-43(3)35(48)41-27-13-11-26(12-14-27)36(37,38)39/h4-17,22-23,32,45H,18-21H2,1-3H3,(H,41,48)(H2,40,42,47)/t22-,23-,32+/m0/s1. The first-order chi connectivity index (χ1) is 23.3. The fourth-order valence-corrected chi connectivity index (χ4v) is 5.66. The number of alkyl halides is 3. The van der Waals surface area contributed by atoms with Crippen LogP contribution in [-0.2, 0) is 17.4 Å². The largest absolute Gasteiger partial charge is 0.488 e. The molecule has 5 rings (SSSR count). The number of anilines is 3. The number of amides is 5. The van der Waals surface area contributed by atoms with Gasteiger partial charge >= 0.3 is 18.2 Å². The maximum atomic E-state index is 13.6. The Morgan fingerprint density at radius 3 is 2.39 bits per heavy atom. The Morgan fingerprint density at radius 2 is 1.67 bits per heavy atom. The van der Waals surface area contributed by atoms with Crippen LogP contribution < -0.4 is 20.7 Å². The van der Waals surface area contributed by atoms with Crippen molar-refractivity contribution < 1.29 is 37.4 Å². The average Bonchev–Trinajstić information content (AvgIpc) is 3.11. The van der Waals surface area contributed by atoms with E-state index in [-0.39, 0.29) is 43.6 Å². The Bertz CT molecular complexity index is 1810. The van der Waals surface area contributed by atoms with Gasteiger partial charge in [0.2, 0.25) is 5.91 Å². The van der Waals surface area contributed by atoms with Crippen molar-refractivity contribution in [3.05, 3.63) is 96.1 Å². The Kier molecular flexibility index (Phi) is 10.6. The zero-order chi connectivity index (χ0) is 35.3. The molecule has 4 aromatic carbocycles. The van der Waals surface area contributed by atoms with Crippen molar-refractivity contribution in [2.24, 2.45) is 5.92 Å². The molecule has 4 aromatic rings. The summed E-state index contributed by atoms with van der Waals surface area (Å²) in [7, 11) is 1.53. The third kappa shape index (κ3) is 8.60. The lowest BCUT2D eigenvalue weighted by molar-refractivity contribution is -0.137. The number of hydrogen-bond donors (Lipinski definition) is 4. The molecule has 0 unspecified atom stereocenters. The number of carbonyl (C=O) groups excluding carboxylic acids is 3. The molecule has 10 nitrogen and oxygen atoms in total. The summed E-state index contributed by atoms with van der Waals surface area (Å²) < 4.78 is 45.3. The molecule has 0 saturated heterocycles. The highest BCUT2D eigenvalue weighted by molar-refractivity contribution is 6.06. The van der Waals surface area contributed by atoms with E-state index in [2.05, 4.69) is 16.0 Å². The second kappa shape index (κ2) is 14.9. The molecule has 0 saturated carbocycles. The summed E-state index contributed by atoms with van der Waals surface area (Å²) >= 11 is 0. The molecule has 0 spiro atoms. The third-order valence-electron chi connectivity index (χ3n) is 8.48. The quantitative estimate of drug-likeness (QED) is 0.171. The van der Waals surface area contributed by atoms with Crippen molar-refractivity contribution >= 4 is 45.8 Å². The molecule has 0 aromatic heterocycles. The molecule has 13 heteroatoms. The zero-order valence-electron chi connectivity index (χ0n) is 27.3. The number of aliphatic hydroxyl groups excluding tert-OH is 1. The van der Waals surface area contributed by atoms with Gasteiger partial charge in [-0.1, -0.05) is 43.3 Å².